The summed E-state index contributed by atoms with van der Waals surface area (Å²) in [4.78, 5) is 4.43. The lowest BCUT2D eigenvalue weighted by Crippen LogP contribution is -2.15. The Morgan fingerprint density at radius 1 is 1.53 bits per heavy atom. The Morgan fingerprint density at radius 2 is 2.13 bits per heavy atom. The van der Waals surface area contributed by atoms with Gasteiger partial charge in [-0.05, 0) is 46.1 Å². The van der Waals surface area contributed by atoms with Crippen LogP contribution in [0.4, 0.5) is 0 Å². The lowest BCUT2D eigenvalue weighted by Gasteiger charge is -2.06. The molecule has 0 spiro atoms. The van der Waals surface area contributed by atoms with Crippen LogP contribution >= 0.6 is 0 Å². The zero-order valence-corrected chi connectivity index (χ0v) is 10.3. The summed E-state index contributed by atoms with van der Waals surface area (Å²) in [5.74, 6) is 5.65. The molecule has 0 aliphatic carbocycles. The standard InChI is InChI=1S/C13H21NO/c1-6-8-12(14-11(3)7-2)9-10-13(4,5)15/h6,8,11,15H,7H2,1-5H3/b8-6-,14-12+. The molecule has 1 N–H and O–H groups in total. The Labute approximate surface area is 93.1 Å². The molecule has 0 aromatic carbocycles. The van der Waals surface area contributed by atoms with E-state index in [2.05, 4.69) is 30.7 Å². The summed E-state index contributed by atoms with van der Waals surface area (Å²) >= 11 is 0. The second kappa shape index (κ2) is 6.42. The van der Waals surface area contributed by atoms with Crippen molar-refractivity contribution in [3.05, 3.63) is 12.2 Å². The maximum Gasteiger partial charge on any atom is 0.120 e. The molecule has 0 aromatic heterocycles. The molecule has 84 valence electrons. The van der Waals surface area contributed by atoms with Gasteiger partial charge in [-0.15, -0.1) is 0 Å². The topological polar surface area (TPSA) is 32.6 Å². The number of hydrogen-bond donors (Lipinski definition) is 1. The van der Waals surface area contributed by atoms with Crippen LogP contribution in [0.3, 0.4) is 0 Å². The van der Waals surface area contributed by atoms with Gasteiger partial charge in [0.15, 0.2) is 0 Å². The second-order valence-electron chi connectivity index (χ2n) is 4.08. The van der Waals surface area contributed by atoms with Crippen molar-refractivity contribution in [2.24, 2.45) is 4.99 Å². The molecule has 1 atom stereocenters. The van der Waals surface area contributed by atoms with Gasteiger partial charge >= 0.3 is 0 Å². The lowest BCUT2D eigenvalue weighted by molar-refractivity contribution is 0.143. The Hall–Kier alpha value is -1.07. The number of rotatable bonds is 3. The number of aliphatic imine (C=N–C) groups is 1. The first-order valence-corrected chi connectivity index (χ1v) is 5.35. The van der Waals surface area contributed by atoms with Crippen molar-refractivity contribution in [1.82, 2.24) is 0 Å². The summed E-state index contributed by atoms with van der Waals surface area (Å²) in [6.45, 7) is 9.39. The van der Waals surface area contributed by atoms with E-state index in [9.17, 15) is 5.11 Å². The van der Waals surface area contributed by atoms with Gasteiger partial charge in [-0.1, -0.05) is 18.9 Å². The summed E-state index contributed by atoms with van der Waals surface area (Å²) in [5, 5.41) is 9.47. The molecule has 2 nitrogen and oxygen atoms in total. The zero-order valence-electron chi connectivity index (χ0n) is 10.3. The molecule has 15 heavy (non-hydrogen) atoms. The molecule has 0 aliphatic rings. The van der Waals surface area contributed by atoms with E-state index in [0.29, 0.717) is 0 Å². The van der Waals surface area contributed by atoms with Gasteiger partial charge in [0.2, 0.25) is 0 Å². The van der Waals surface area contributed by atoms with Crippen LogP contribution in [-0.2, 0) is 0 Å². The Kier molecular flexibility index (Phi) is 5.96. The fraction of sp³-hybridized carbons (Fsp3) is 0.615. The normalized spacial score (nSPS) is 14.9. The van der Waals surface area contributed by atoms with Crippen LogP contribution in [0.5, 0.6) is 0 Å². The summed E-state index contributed by atoms with van der Waals surface area (Å²) in [7, 11) is 0. The highest BCUT2D eigenvalue weighted by Crippen LogP contribution is 1.99. The van der Waals surface area contributed by atoms with Crippen molar-refractivity contribution < 1.29 is 5.11 Å². The smallest absolute Gasteiger partial charge is 0.120 e. The minimum Gasteiger partial charge on any atom is -0.378 e. The van der Waals surface area contributed by atoms with Crippen LogP contribution in [0.2, 0.25) is 0 Å². The number of allylic oxidation sites excluding steroid dienone is 2. The third-order valence-corrected chi connectivity index (χ3v) is 1.77. The van der Waals surface area contributed by atoms with E-state index in [0.717, 1.165) is 12.1 Å². The first kappa shape index (κ1) is 13.9. The van der Waals surface area contributed by atoms with E-state index >= 15 is 0 Å². The van der Waals surface area contributed by atoms with E-state index in [1.54, 1.807) is 13.8 Å². The zero-order chi connectivity index (χ0) is 11.9. The molecule has 0 aromatic rings. The largest absolute Gasteiger partial charge is 0.378 e. The van der Waals surface area contributed by atoms with E-state index in [4.69, 9.17) is 0 Å². The van der Waals surface area contributed by atoms with Crippen LogP contribution in [-0.4, -0.2) is 22.5 Å². The molecule has 0 fully saturated rings. The number of hydrogen-bond acceptors (Lipinski definition) is 2. The first-order chi connectivity index (χ1) is 6.89. The summed E-state index contributed by atoms with van der Waals surface area (Å²) in [6, 6.07) is 0.271. The highest BCUT2D eigenvalue weighted by molar-refractivity contribution is 6.08. The third kappa shape index (κ3) is 7.96. The van der Waals surface area contributed by atoms with Gasteiger partial charge in [0, 0.05) is 6.04 Å². The van der Waals surface area contributed by atoms with Gasteiger partial charge in [0.05, 0.1) is 0 Å². The molecule has 0 rings (SSSR count). The molecule has 0 saturated carbocycles. The Morgan fingerprint density at radius 3 is 2.53 bits per heavy atom. The van der Waals surface area contributed by atoms with Crippen molar-refractivity contribution in [2.75, 3.05) is 0 Å². The van der Waals surface area contributed by atoms with Crippen LogP contribution < -0.4 is 0 Å². The molecular formula is C13H21NO. The maximum atomic E-state index is 9.47. The van der Waals surface area contributed by atoms with Crippen molar-refractivity contribution in [1.29, 1.82) is 0 Å². The SMILES string of the molecule is C/C=C\C(C#CC(C)(C)O)=N/C(C)CC. The summed E-state index contributed by atoms with van der Waals surface area (Å²) in [6.07, 6.45) is 4.76. The van der Waals surface area contributed by atoms with Gasteiger partial charge in [0.1, 0.15) is 11.3 Å². The van der Waals surface area contributed by atoms with Gasteiger partial charge in [-0.25, -0.2) is 0 Å². The fourth-order valence-electron chi connectivity index (χ4n) is 0.821. The molecule has 2 heteroatoms. The van der Waals surface area contributed by atoms with Crippen molar-refractivity contribution in [3.63, 3.8) is 0 Å². The van der Waals surface area contributed by atoms with Crippen molar-refractivity contribution in [3.8, 4) is 11.8 Å². The predicted octanol–water partition coefficient (Wildman–Crippen LogP) is 2.58. The Balaban J connectivity index is 4.82. The molecule has 0 amide bonds. The minimum atomic E-state index is -0.961. The predicted molar refractivity (Wildman–Crippen MR) is 66.1 cm³/mol. The number of aliphatic hydroxyl groups is 1. The highest BCUT2D eigenvalue weighted by Gasteiger charge is 2.06. The van der Waals surface area contributed by atoms with Crippen LogP contribution in [0.25, 0.3) is 0 Å². The molecule has 1 unspecified atom stereocenters. The van der Waals surface area contributed by atoms with Gasteiger partial charge in [-0.2, -0.15) is 0 Å². The third-order valence-electron chi connectivity index (χ3n) is 1.77. The van der Waals surface area contributed by atoms with E-state index in [1.165, 1.54) is 0 Å². The highest BCUT2D eigenvalue weighted by atomic mass is 16.3. The molecule has 0 heterocycles. The average molecular weight is 207 g/mol. The van der Waals surface area contributed by atoms with E-state index in [1.807, 2.05) is 19.1 Å². The fourth-order valence-corrected chi connectivity index (χ4v) is 0.821. The van der Waals surface area contributed by atoms with Crippen molar-refractivity contribution in [2.45, 2.75) is 52.7 Å². The Bertz CT molecular complexity index is 297. The quantitative estimate of drug-likeness (QED) is 0.560. The molecular weight excluding hydrogens is 186 g/mol. The van der Waals surface area contributed by atoms with Gasteiger partial charge in [0.25, 0.3) is 0 Å². The summed E-state index contributed by atoms with van der Waals surface area (Å²) < 4.78 is 0. The second-order valence-corrected chi connectivity index (χ2v) is 4.08. The van der Waals surface area contributed by atoms with Crippen molar-refractivity contribution >= 4 is 5.71 Å². The first-order valence-electron chi connectivity index (χ1n) is 5.35. The molecule has 0 aliphatic heterocycles. The summed E-state index contributed by atoms with van der Waals surface area (Å²) in [5.41, 5.74) is -0.230. The molecule has 0 bridgehead atoms. The molecule has 0 radical (unpaired) electrons. The van der Waals surface area contributed by atoms with Crippen LogP contribution in [0, 0.1) is 11.8 Å². The van der Waals surface area contributed by atoms with Crippen LogP contribution in [0.1, 0.15) is 41.0 Å². The van der Waals surface area contributed by atoms with E-state index in [-0.39, 0.29) is 6.04 Å². The minimum absolute atomic E-state index is 0.271. The number of nitrogens with zero attached hydrogens (tertiary/aromatic N) is 1. The van der Waals surface area contributed by atoms with Gasteiger partial charge < -0.3 is 5.11 Å². The lowest BCUT2D eigenvalue weighted by atomic mass is 10.1. The maximum absolute atomic E-state index is 9.47. The molecule has 0 saturated heterocycles. The average Bonchev–Trinajstić information content (AvgIpc) is 2.13. The van der Waals surface area contributed by atoms with E-state index < -0.39 is 5.60 Å². The monoisotopic (exact) mass is 207 g/mol. The van der Waals surface area contributed by atoms with Gasteiger partial charge in [-0.3, -0.25) is 4.99 Å². The van der Waals surface area contributed by atoms with Crippen LogP contribution in [0.15, 0.2) is 17.1 Å².